The minimum atomic E-state index is -3.09. The molecular formula is C13H16N2O4S2. The monoisotopic (exact) mass is 328 g/mol. The van der Waals surface area contributed by atoms with Crippen molar-refractivity contribution in [2.24, 2.45) is 11.7 Å². The number of sulfone groups is 1. The molecule has 2 rings (SSSR count). The summed E-state index contributed by atoms with van der Waals surface area (Å²) < 4.78 is 28.0. The van der Waals surface area contributed by atoms with Gasteiger partial charge in [0.05, 0.1) is 30.2 Å². The van der Waals surface area contributed by atoms with Gasteiger partial charge in [0.25, 0.3) is 0 Å². The Kier molecular flexibility index (Phi) is 4.48. The van der Waals surface area contributed by atoms with Crippen molar-refractivity contribution in [1.29, 1.82) is 0 Å². The van der Waals surface area contributed by atoms with Crippen LogP contribution in [0.25, 0.3) is 0 Å². The highest BCUT2D eigenvalue weighted by Crippen LogP contribution is 2.27. The molecule has 0 radical (unpaired) electrons. The van der Waals surface area contributed by atoms with Crippen LogP contribution in [-0.2, 0) is 14.6 Å². The molecule has 0 aliphatic carbocycles. The van der Waals surface area contributed by atoms with Crippen LogP contribution in [0.15, 0.2) is 18.2 Å². The van der Waals surface area contributed by atoms with Crippen molar-refractivity contribution in [3.8, 4) is 5.75 Å². The average Bonchev–Trinajstić information content (AvgIpc) is 2.79. The van der Waals surface area contributed by atoms with Crippen LogP contribution in [0, 0.1) is 5.92 Å². The van der Waals surface area contributed by atoms with E-state index in [1.165, 1.54) is 7.11 Å². The number of methoxy groups -OCH3 is 1. The lowest BCUT2D eigenvalue weighted by molar-refractivity contribution is -0.119. The zero-order valence-corrected chi connectivity index (χ0v) is 13.1. The van der Waals surface area contributed by atoms with Crippen molar-refractivity contribution in [2.45, 2.75) is 6.42 Å². The fourth-order valence-electron chi connectivity index (χ4n) is 2.18. The third kappa shape index (κ3) is 3.70. The van der Waals surface area contributed by atoms with Crippen molar-refractivity contribution in [3.63, 3.8) is 0 Å². The number of carbonyl (C=O) groups is 1. The Balaban J connectivity index is 2.16. The lowest BCUT2D eigenvalue weighted by Gasteiger charge is -2.13. The van der Waals surface area contributed by atoms with E-state index in [1.807, 2.05) is 0 Å². The van der Waals surface area contributed by atoms with E-state index in [1.54, 1.807) is 18.2 Å². The summed E-state index contributed by atoms with van der Waals surface area (Å²) in [7, 11) is -1.63. The molecule has 1 unspecified atom stereocenters. The molecule has 3 N–H and O–H groups in total. The molecule has 0 aromatic heterocycles. The summed E-state index contributed by atoms with van der Waals surface area (Å²) in [6.45, 7) is 0. The smallest absolute Gasteiger partial charge is 0.228 e. The van der Waals surface area contributed by atoms with Crippen molar-refractivity contribution in [3.05, 3.63) is 23.8 Å². The van der Waals surface area contributed by atoms with Gasteiger partial charge in [-0.25, -0.2) is 8.42 Å². The van der Waals surface area contributed by atoms with Crippen LogP contribution in [0.1, 0.15) is 12.0 Å². The molecule has 1 heterocycles. The lowest BCUT2D eigenvalue weighted by Crippen LogP contribution is -2.24. The van der Waals surface area contributed by atoms with Crippen LogP contribution in [0.2, 0.25) is 0 Å². The van der Waals surface area contributed by atoms with Gasteiger partial charge in [-0.1, -0.05) is 12.2 Å². The Hall–Kier alpha value is -1.67. The molecule has 0 saturated carbocycles. The Bertz CT molecular complexity index is 685. The third-order valence-corrected chi connectivity index (χ3v) is 5.35. The van der Waals surface area contributed by atoms with E-state index in [-0.39, 0.29) is 22.4 Å². The first-order valence-electron chi connectivity index (χ1n) is 6.31. The molecule has 8 heteroatoms. The molecule has 21 heavy (non-hydrogen) atoms. The quantitative estimate of drug-likeness (QED) is 0.790. The highest BCUT2D eigenvalue weighted by Gasteiger charge is 2.33. The minimum absolute atomic E-state index is 0.0581. The maximum atomic E-state index is 12.1. The first-order chi connectivity index (χ1) is 9.82. The largest absolute Gasteiger partial charge is 0.495 e. The van der Waals surface area contributed by atoms with Crippen LogP contribution >= 0.6 is 12.2 Å². The van der Waals surface area contributed by atoms with Crippen LogP contribution in [0.4, 0.5) is 5.69 Å². The fraction of sp³-hybridized carbons (Fsp3) is 0.385. The number of hydrogen-bond acceptors (Lipinski definition) is 5. The molecule has 0 spiro atoms. The Labute approximate surface area is 128 Å². The molecule has 1 aliphatic rings. The van der Waals surface area contributed by atoms with Crippen molar-refractivity contribution < 1.29 is 17.9 Å². The highest BCUT2D eigenvalue weighted by molar-refractivity contribution is 7.91. The standard InChI is InChI=1S/C13H16N2O4S2/c1-19-11-6-8(12(14)20)2-3-10(11)15-13(16)9-4-5-21(17,18)7-9/h2-3,6,9H,4-5,7H2,1H3,(H2,14,20)(H,15,16). The van der Waals surface area contributed by atoms with Gasteiger partial charge < -0.3 is 15.8 Å². The van der Waals surface area contributed by atoms with Crippen molar-refractivity contribution >= 4 is 38.6 Å². The predicted octanol–water partition coefficient (Wildman–Crippen LogP) is 0.703. The molecular weight excluding hydrogens is 312 g/mol. The highest BCUT2D eigenvalue weighted by atomic mass is 32.2. The molecule has 6 nitrogen and oxygen atoms in total. The van der Waals surface area contributed by atoms with E-state index >= 15 is 0 Å². The van der Waals surface area contributed by atoms with Gasteiger partial charge in [0.15, 0.2) is 9.84 Å². The number of amides is 1. The Morgan fingerprint density at radius 1 is 1.48 bits per heavy atom. The predicted molar refractivity (Wildman–Crippen MR) is 84.3 cm³/mol. The zero-order valence-electron chi connectivity index (χ0n) is 11.5. The summed E-state index contributed by atoms with van der Waals surface area (Å²) in [5.74, 6) is -0.462. The number of anilines is 1. The summed E-state index contributed by atoms with van der Waals surface area (Å²) in [5.41, 5.74) is 6.63. The molecule has 114 valence electrons. The average molecular weight is 328 g/mol. The second kappa shape index (κ2) is 5.98. The maximum absolute atomic E-state index is 12.1. The number of benzene rings is 1. The van der Waals surface area contributed by atoms with E-state index in [0.717, 1.165) is 0 Å². The number of nitrogens with two attached hydrogens (primary N) is 1. The maximum Gasteiger partial charge on any atom is 0.228 e. The molecule has 1 atom stereocenters. The first kappa shape index (κ1) is 15.7. The van der Waals surface area contributed by atoms with Gasteiger partial charge in [0.2, 0.25) is 5.91 Å². The molecule has 0 bridgehead atoms. The van der Waals surface area contributed by atoms with E-state index in [2.05, 4.69) is 5.32 Å². The van der Waals surface area contributed by atoms with Gasteiger partial charge in [-0.05, 0) is 24.6 Å². The summed E-state index contributed by atoms with van der Waals surface area (Å²) in [5, 5.41) is 2.69. The molecule has 1 amide bonds. The molecule has 1 saturated heterocycles. The first-order valence-corrected chi connectivity index (χ1v) is 8.54. The SMILES string of the molecule is COc1cc(C(N)=S)ccc1NC(=O)C1CCS(=O)(=O)C1. The molecule has 1 fully saturated rings. The normalized spacial score (nSPS) is 20.0. The molecule has 1 aliphatic heterocycles. The molecule has 1 aromatic rings. The van der Waals surface area contributed by atoms with Gasteiger partial charge in [0, 0.05) is 5.56 Å². The number of hydrogen-bond donors (Lipinski definition) is 2. The second-order valence-corrected chi connectivity index (χ2v) is 7.54. The number of ether oxygens (including phenoxy) is 1. The lowest BCUT2D eigenvalue weighted by atomic mass is 10.1. The molecule has 1 aromatic carbocycles. The number of thiocarbonyl (C=S) groups is 1. The number of nitrogens with one attached hydrogen (secondary N) is 1. The van der Waals surface area contributed by atoms with Crippen molar-refractivity contribution in [1.82, 2.24) is 0 Å². The van der Waals surface area contributed by atoms with Crippen LogP contribution < -0.4 is 15.8 Å². The zero-order chi connectivity index (χ0) is 15.6. The van der Waals surface area contributed by atoms with Gasteiger partial charge in [-0.2, -0.15) is 0 Å². The Morgan fingerprint density at radius 2 is 2.19 bits per heavy atom. The van der Waals surface area contributed by atoms with E-state index < -0.39 is 15.8 Å². The van der Waals surface area contributed by atoms with E-state index in [9.17, 15) is 13.2 Å². The second-order valence-electron chi connectivity index (χ2n) is 4.87. The topological polar surface area (TPSA) is 98.5 Å². The summed E-state index contributed by atoms with van der Waals surface area (Å²) >= 11 is 4.88. The third-order valence-electron chi connectivity index (χ3n) is 3.35. The van der Waals surface area contributed by atoms with E-state index in [0.29, 0.717) is 23.4 Å². The van der Waals surface area contributed by atoms with Gasteiger partial charge in [-0.3, -0.25) is 4.79 Å². The number of rotatable bonds is 4. The van der Waals surface area contributed by atoms with Gasteiger partial charge in [0.1, 0.15) is 10.7 Å². The number of carbonyl (C=O) groups excluding carboxylic acids is 1. The summed E-state index contributed by atoms with van der Waals surface area (Å²) in [6.07, 6.45) is 0.349. The van der Waals surface area contributed by atoms with Crippen LogP contribution in [0.5, 0.6) is 5.75 Å². The van der Waals surface area contributed by atoms with Gasteiger partial charge in [-0.15, -0.1) is 0 Å². The summed E-state index contributed by atoms with van der Waals surface area (Å²) in [4.78, 5) is 12.3. The van der Waals surface area contributed by atoms with Crippen molar-refractivity contribution in [2.75, 3.05) is 23.9 Å². The fourth-order valence-corrected chi connectivity index (χ4v) is 4.05. The van der Waals surface area contributed by atoms with Crippen LogP contribution in [-0.4, -0.2) is 37.9 Å². The van der Waals surface area contributed by atoms with Gasteiger partial charge >= 0.3 is 0 Å². The Morgan fingerprint density at radius 3 is 2.71 bits per heavy atom. The van der Waals surface area contributed by atoms with Crippen LogP contribution in [0.3, 0.4) is 0 Å². The summed E-state index contributed by atoms with van der Waals surface area (Å²) in [6, 6.07) is 4.93. The van der Waals surface area contributed by atoms with E-state index in [4.69, 9.17) is 22.7 Å². The minimum Gasteiger partial charge on any atom is -0.495 e.